The second-order valence-corrected chi connectivity index (χ2v) is 3.71. The number of carbonyl (C=O) groups excluding carboxylic acids is 1. The van der Waals surface area contributed by atoms with Crippen molar-refractivity contribution in [2.24, 2.45) is 0 Å². The van der Waals surface area contributed by atoms with E-state index in [1.165, 1.54) is 0 Å². The molecule has 0 fully saturated rings. The molecule has 2 aromatic rings. The molecule has 1 amide bonds. The van der Waals surface area contributed by atoms with Gasteiger partial charge in [-0.1, -0.05) is 24.3 Å². The lowest BCUT2D eigenvalue weighted by molar-refractivity contribution is -0.107. The molecule has 3 nitrogen and oxygen atoms in total. The zero-order valence-corrected chi connectivity index (χ0v) is 9.49. The van der Waals surface area contributed by atoms with Crippen LogP contribution in [0.15, 0.2) is 54.7 Å². The molecule has 2 rings (SSSR count). The summed E-state index contributed by atoms with van der Waals surface area (Å²) in [4.78, 5) is 17.0. The van der Waals surface area contributed by atoms with Gasteiger partial charge in [-0.25, -0.2) is 0 Å². The van der Waals surface area contributed by atoms with Crippen molar-refractivity contribution in [2.45, 2.75) is 6.42 Å². The molecule has 0 unspecified atom stereocenters. The molecule has 17 heavy (non-hydrogen) atoms. The van der Waals surface area contributed by atoms with Gasteiger partial charge in [0.05, 0.1) is 0 Å². The first-order chi connectivity index (χ1) is 8.40. The summed E-state index contributed by atoms with van der Waals surface area (Å²) >= 11 is 0. The first-order valence-electron chi connectivity index (χ1n) is 5.57. The largest absolute Gasteiger partial charge is 0.315 e. The van der Waals surface area contributed by atoms with E-state index in [1.807, 2.05) is 48.5 Å². The van der Waals surface area contributed by atoms with Crippen LogP contribution >= 0.6 is 0 Å². The van der Waals surface area contributed by atoms with Crippen LogP contribution < -0.4 is 4.90 Å². The van der Waals surface area contributed by atoms with E-state index in [2.05, 4.69) is 4.98 Å². The molecule has 0 bridgehead atoms. The number of carbonyl (C=O) groups is 1. The Morgan fingerprint density at radius 3 is 2.47 bits per heavy atom. The molecule has 0 saturated heterocycles. The summed E-state index contributed by atoms with van der Waals surface area (Å²) in [5.41, 5.74) is 1.91. The van der Waals surface area contributed by atoms with Crippen molar-refractivity contribution in [1.29, 1.82) is 0 Å². The van der Waals surface area contributed by atoms with Gasteiger partial charge in [-0.3, -0.25) is 9.78 Å². The number of nitrogens with zero attached hydrogens (tertiary/aromatic N) is 2. The van der Waals surface area contributed by atoms with E-state index in [1.54, 1.807) is 11.1 Å². The van der Waals surface area contributed by atoms with Crippen molar-refractivity contribution >= 4 is 12.1 Å². The maximum Gasteiger partial charge on any atom is 0.214 e. The molecule has 0 radical (unpaired) electrons. The number of aromatic nitrogens is 1. The van der Waals surface area contributed by atoms with Crippen LogP contribution in [0.5, 0.6) is 0 Å². The number of para-hydroxylation sites is 1. The highest BCUT2D eigenvalue weighted by Gasteiger charge is 2.04. The van der Waals surface area contributed by atoms with Gasteiger partial charge in [0.25, 0.3) is 0 Å². The van der Waals surface area contributed by atoms with Gasteiger partial charge in [0, 0.05) is 30.5 Å². The lowest BCUT2D eigenvalue weighted by Gasteiger charge is -2.16. The molecule has 0 N–H and O–H groups in total. The number of anilines is 1. The van der Waals surface area contributed by atoms with Gasteiger partial charge in [-0.2, -0.15) is 0 Å². The maximum atomic E-state index is 11.0. The molecule has 0 aliphatic heterocycles. The Morgan fingerprint density at radius 1 is 1.06 bits per heavy atom. The maximum absolute atomic E-state index is 11.0. The highest BCUT2D eigenvalue weighted by atomic mass is 16.1. The van der Waals surface area contributed by atoms with E-state index in [0.29, 0.717) is 6.54 Å². The van der Waals surface area contributed by atoms with Crippen molar-refractivity contribution in [3.8, 4) is 0 Å². The van der Waals surface area contributed by atoms with Crippen LogP contribution in [0.25, 0.3) is 0 Å². The predicted molar refractivity (Wildman–Crippen MR) is 67.8 cm³/mol. The molecular formula is C14H14N2O. The number of benzene rings is 1. The molecule has 86 valence electrons. The smallest absolute Gasteiger partial charge is 0.214 e. The van der Waals surface area contributed by atoms with E-state index in [-0.39, 0.29) is 0 Å². The van der Waals surface area contributed by atoms with Gasteiger partial charge in [0.1, 0.15) is 0 Å². The standard InChI is InChI=1S/C14H14N2O/c17-12-16(14-7-2-1-3-8-14)11-9-13-6-4-5-10-15-13/h1-8,10,12H,9,11H2. The molecule has 0 spiro atoms. The lowest BCUT2D eigenvalue weighted by atomic mass is 10.2. The molecule has 0 saturated carbocycles. The highest BCUT2D eigenvalue weighted by molar-refractivity contribution is 5.74. The lowest BCUT2D eigenvalue weighted by Crippen LogP contribution is -2.23. The minimum absolute atomic E-state index is 0.643. The zero-order chi connectivity index (χ0) is 11.9. The summed E-state index contributed by atoms with van der Waals surface area (Å²) in [6, 6.07) is 15.4. The van der Waals surface area contributed by atoms with Crippen LogP contribution in [-0.4, -0.2) is 17.9 Å². The Kier molecular flexibility index (Phi) is 3.86. The van der Waals surface area contributed by atoms with Crippen molar-refractivity contribution in [3.05, 3.63) is 60.4 Å². The molecular weight excluding hydrogens is 212 g/mol. The summed E-state index contributed by atoms with van der Waals surface area (Å²) < 4.78 is 0. The molecule has 0 atom stereocenters. The Morgan fingerprint density at radius 2 is 1.82 bits per heavy atom. The molecule has 0 aliphatic carbocycles. The molecule has 1 aromatic heterocycles. The van der Waals surface area contributed by atoms with Crippen LogP contribution in [0.4, 0.5) is 5.69 Å². The third kappa shape index (κ3) is 3.14. The third-order valence-corrected chi connectivity index (χ3v) is 2.55. The minimum Gasteiger partial charge on any atom is -0.315 e. The van der Waals surface area contributed by atoms with E-state index >= 15 is 0 Å². The van der Waals surface area contributed by atoms with Crippen LogP contribution in [0.2, 0.25) is 0 Å². The fraction of sp³-hybridized carbons (Fsp3) is 0.143. The Hall–Kier alpha value is -2.16. The van der Waals surface area contributed by atoms with Crippen LogP contribution in [0.1, 0.15) is 5.69 Å². The number of hydrogen-bond donors (Lipinski definition) is 0. The van der Waals surface area contributed by atoms with Crippen LogP contribution in [-0.2, 0) is 11.2 Å². The van der Waals surface area contributed by atoms with E-state index in [4.69, 9.17) is 0 Å². The third-order valence-electron chi connectivity index (χ3n) is 2.55. The predicted octanol–water partition coefficient (Wildman–Crippen LogP) is 2.29. The summed E-state index contributed by atoms with van der Waals surface area (Å²) in [7, 11) is 0. The monoisotopic (exact) mass is 226 g/mol. The molecule has 1 heterocycles. The van der Waals surface area contributed by atoms with E-state index in [0.717, 1.165) is 24.2 Å². The summed E-state index contributed by atoms with van der Waals surface area (Å²) in [6.45, 7) is 0.643. The van der Waals surface area contributed by atoms with Gasteiger partial charge in [0.2, 0.25) is 6.41 Å². The number of amides is 1. The molecule has 1 aromatic carbocycles. The number of rotatable bonds is 5. The first kappa shape index (κ1) is 11.3. The van der Waals surface area contributed by atoms with Crippen molar-refractivity contribution in [1.82, 2.24) is 4.98 Å². The second-order valence-electron chi connectivity index (χ2n) is 3.71. The van der Waals surface area contributed by atoms with Crippen LogP contribution in [0, 0.1) is 0 Å². The van der Waals surface area contributed by atoms with Crippen molar-refractivity contribution < 1.29 is 4.79 Å². The topological polar surface area (TPSA) is 33.2 Å². The fourth-order valence-corrected chi connectivity index (χ4v) is 1.64. The minimum atomic E-state index is 0.643. The van der Waals surface area contributed by atoms with Crippen molar-refractivity contribution in [2.75, 3.05) is 11.4 Å². The summed E-state index contributed by atoms with van der Waals surface area (Å²) in [5.74, 6) is 0. The van der Waals surface area contributed by atoms with Gasteiger partial charge >= 0.3 is 0 Å². The first-order valence-corrected chi connectivity index (χ1v) is 5.57. The summed E-state index contributed by atoms with van der Waals surface area (Å²) in [5, 5.41) is 0. The average Bonchev–Trinajstić information content (AvgIpc) is 2.42. The Balaban J connectivity index is 2.00. The number of hydrogen-bond acceptors (Lipinski definition) is 2. The van der Waals surface area contributed by atoms with Crippen molar-refractivity contribution in [3.63, 3.8) is 0 Å². The normalized spacial score (nSPS) is 9.88. The number of pyridine rings is 1. The van der Waals surface area contributed by atoms with Gasteiger partial charge in [-0.05, 0) is 24.3 Å². The second kappa shape index (κ2) is 5.80. The van der Waals surface area contributed by atoms with E-state index in [9.17, 15) is 4.79 Å². The average molecular weight is 226 g/mol. The summed E-state index contributed by atoms with van der Waals surface area (Å²) in [6.07, 6.45) is 3.38. The van der Waals surface area contributed by atoms with E-state index < -0.39 is 0 Å². The molecule has 3 heteroatoms. The Bertz CT molecular complexity index is 456. The quantitative estimate of drug-likeness (QED) is 0.733. The SMILES string of the molecule is O=CN(CCc1ccccn1)c1ccccc1. The molecule has 0 aliphatic rings. The fourth-order valence-electron chi connectivity index (χ4n) is 1.64. The van der Waals surface area contributed by atoms with Gasteiger partial charge in [-0.15, -0.1) is 0 Å². The highest BCUT2D eigenvalue weighted by Crippen LogP contribution is 2.11. The van der Waals surface area contributed by atoms with Gasteiger partial charge < -0.3 is 4.90 Å². The zero-order valence-electron chi connectivity index (χ0n) is 9.49. The van der Waals surface area contributed by atoms with Gasteiger partial charge in [0.15, 0.2) is 0 Å². The van der Waals surface area contributed by atoms with Crippen LogP contribution in [0.3, 0.4) is 0 Å². The Labute approximate surface area is 101 Å².